The number of unbranched alkanes of at least 4 members (excludes halogenated alkanes) is 1. The first kappa shape index (κ1) is 20.5. The maximum atomic E-state index is 12.0. The number of hydrogen-bond donors (Lipinski definition) is 2. The van der Waals surface area contributed by atoms with Crippen LogP contribution in [0, 0.1) is 11.3 Å². The van der Waals surface area contributed by atoms with Crippen LogP contribution < -0.4 is 10.6 Å². The molecule has 2 rings (SSSR count). The molecule has 1 amide bonds. The van der Waals surface area contributed by atoms with E-state index in [2.05, 4.69) is 31.4 Å². The third-order valence-corrected chi connectivity index (χ3v) is 5.54. The summed E-state index contributed by atoms with van der Waals surface area (Å²) >= 11 is 0. The van der Waals surface area contributed by atoms with Crippen molar-refractivity contribution < 1.29 is 14.3 Å². The van der Waals surface area contributed by atoms with Crippen LogP contribution in [-0.4, -0.2) is 43.0 Å². The number of carbonyl (C=O) groups excluding carboxylic acids is 1. The molecule has 1 saturated heterocycles. The van der Waals surface area contributed by atoms with Crippen LogP contribution in [0.2, 0.25) is 0 Å². The quantitative estimate of drug-likeness (QED) is 0.729. The SMILES string of the molecule is CCCCC(CNC(=O)OC(C)(C)C)NC1C2CCCOC2C1(C)C. The molecule has 2 aliphatic rings. The monoisotopic (exact) mass is 354 g/mol. The summed E-state index contributed by atoms with van der Waals surface area (Å²) in [6.07, 6.45) is 5.83. The second-order valence-electron chi connectivity index (χ2n) is 9.29. The Kier molecular flexibility index (Phi) is 6.77. The van der Waals surface area contributed by atoms with E-state index in [9.17, 15) is 4.79 Å². The molecule has 25 heavy (non-hydrogen) atoms. The number of rotatable bonds is 7. The van der Waals surface area contributed by atoms with E-state index < -0.39 is 5.60 Å². The number of hydrogen-bond acceptors (Lipinski definition) is 4. The van der Waals surface area contributed by atoms with Crippen molar-refractivity contribution in [2.75, 3.05) is 13.2 Å². The molecular weight excluding hydrogens is 316 g/mol. The zero-order valence-electron chi connectivity index (χ0n) is 17.0. The average Bonchev–Trinajstić information content (AvgIpc) is 2.52. The van der Waals surface area contributed by atoms with Gasteiger partial charge in [-0.05, 0) is 40.0 Å². The molecule has 1 heterocycles. The molecule has 1 aliphatic heterocycles. The van der Waals surface area contributed by atoms with Gasteiger partial charge in [-0.25, -0.2) is 4.79 Å². The molecule has 0 aromatic carbocycles. The van der Waals surface area contributed by atoms with Crippen LogP contribution >= 0.6 is 0 Å². The lowest BCUT2D eigenvalue weighted by Crippen LogP contribution is -2.71. The van der Waals surface area contributed by atoms with Gasteiger partial charge in [-0.15, -0.1) is 0 Å². The Labute approximate surface area is 153 Å². The van der Waals surface area contributed by atoms with Crippen LogP contribution in [0.4, 0.5) is 4.79 Å². The number of fused-ring (bicyclic) bond motifs is 1. The van der Waals surface area contributed by atoms with Crippen LogP contribution in [0.5, 0.6) is 0 Å². The van der Waals surface area contributed by atoms with Crippen LogP contribution in [0.1, 0.15) is 73.6 Å². The first-order valence-electron chi connectivity index (χ1n) is 9.99. The van der Waals surface area contributed by atoms with Crippen molar-refractivity contribution in [1.29, 1.82) is 0 Å². The van der Waals surface area contributed by atoms with Crippen molar-refractivity contribution in [3.8, 4) is 0 Å². The molecule has 5 nitrogen and oxygen atoms in total. The predicted molar refractivity (Wildman–Crippen MR) is 101 cm³/mol. The smallest absolute Gasteiger partial charge is 0.407 e. The molecule has 0 spiro atoms. The molecule has 1 saturated carbocycles. The van der Waals surface area contributed by atoms with Gasteiger partial charge in [-0.3, -0.25) is 0 Å². The Morgan fingerprint density at radius 3 is 2.72 bits per heavy atom. The molecule has 4 atom stereocenters. The Morgan fingerprint density at radius 1 is 1.36 bits per heavy atom. The van der Waals surface area contributed by atoms with Crippen LogP contribution in [0.25, 0.3) is 0 Å². The lowest BCUT2D eigenvalue weighted by molar-refractivity contribution is -0.194. The lowest BCUT2D eigenvalue weighted by atomic mass is 9.55. The summed E-state index contributed by atoms with van der Waals surface area (Å²) in [6.45, 7) is 14.0. The Bertz CT molecular complexity index is 445. The maximum Gasteiger partial charge on any atom is 0.407 e. The molecule has 5 heteroatoms. The number of alkyl carbamates (subject to hydrolysis) is 1. The van der Waals surface area contributed by atoms with Crippen molar-refractivity contribution in [2.45, 2.75) is 97.4 Å². The molecule has 0 bridgehead atoms. The zero-order valence-corrected chi connectivity index (χ0v) is 17.0. The second kappa shape index (κ2) is 8.26. The van der Waals surface area contributed by atoms with E-state index in [1.807, 2.05) is 20.8 Å². The summed E-state index contributed by atoms with van der Waals surface area (Å²) < 4.78 is 11.4. The summed E-state index contributed by atoms with van der Waals surface area (Å²) in [5.74, 6) is 0.606. The summed E-state index contributed by atoms with van der Waals surface area (Å²) in [5, 5.41) is 6.79. The van der Waals surface area contributed by atoms with Crippen molar-refractivity contribution in [1.82, 2.24) is 10.6 Å². The van der Waals surface area contributed by atoms with E-state index in [-0.39, 0.29) is 17.6 Å². The summed E-state index contributed by atoms with van der Waals surface area (Å²) in [7, 11) is 0. The van der Waals surface area contributed by atoms with E-state index in [1.54, 1.807) is 0 Å². The van der Waals surface area contributed by atoms with E-state index in [4.69, 9.17) is 9.47 Å². The normalized spacial score (nSPS) is 29.3. The van der Waals surface area contributed by atoms with Crippen molar-refractivity contribution >= 4 is 6.09 Å². The Morgan fingerprint density at radius 2 is 2.08 bits per heavy atom. The Balaban J connectivity index is 1.90. The largest absolute Gasteiger partial charge is 0.444 e. The molecular formula is C20H38N2O3. The minimum Gasteiger partial charge on any atom is -0.444 e. The number of amides is 1. The highest BCUT2D eigenvalue weighted by atomic mass is 16.6. The second-order valence-corrected chi connectivity index (χ2v) is 9.29. The highest BCUT2D eigenvalue weighted by molar-refractivity contribution is 5.67. The number of carbonyl (C=O) groups is 1. The van der Waals surface area contributed by atoms with Gasteiger partial charge in [-0.1, -0.05) is 33.6 Å². The molecule has 146 valence electrons. The summed E-state index contributed by atoms with van der Waals surface area (Å²) in [5.41, 5.74) is -0.305. The van der Waals surface area contributed by atoms with Crippen molar-refractivity contribution in [2.24, 2.45) is 11.3 Å². The van der Waals surface area contributed by atoms with E-state index in [1.165, 1.54) is 6.42 Å². The number of nitrogens with one attached hydrogen (secondary N) is 2. The zero-order chi connectivity index (χ0) is 18.7. The van der Waals surface area contributed by atoms with Crippen LogP contribution in [0.15, 0.2) is 0 Å². The van der Waals surface area contributed by atoms with Gasteiger partial charge in [0, 0.05) is 36.6 Å². The van der Waals surface area contributed by atoms with Gasteiger partial charge >= 0.3 is 6.09 Å². The highest BCUT2D eigenvalue weighted by Gasteiger charge is 2.57. The van der Waals surface area contributed by atoms with Crippen molar-refractivity contribution in [3.63, 3.8) is 0 Å². The number of ether oxygens (including phenoxy) is 2. The minimum atomic E-state index is -0.459. The lowest BCUT2D eigenvalue weighted by Gasteiger charge is -2.61. The molecule has 4 unspecified atom stereocenters. The maximum absolute atomic E-state index is 12.0. The van der Waals surface area contributed by atoms with E-state index >= 15 is 0 Å². The fraction of sp³-hybridized carbons (Fsp3) is 0.950. The molecule has 1 aliphatic carbocycles. The summed E-state index contributed by atoms with van der Waals surface area (Å²) in [6, 6.07) is 0.736. The fourth-order valence-corrected chi connectivity index (χ4v) is 4.33. The first-order chi connectivity index (χ1) is 11.6. The molecule has 2 N–H and O–H groups in total. The molecule has 2 fully saturated rings. The standard InChI is InChI=1S/C20H38N2O3/c1-7-8-10-14(13-21-18(23)25-19(2,3)4)22-16-15-11-9-12-24-17(15)20(16,5)6/h14-17,22H,7-13H2,1-6H3,(H,21,23). The third kappa shape index (κ3) is 5.33. The van der Waals surface area contributed by atoms with Gasteiger partial charge in [0.05, 0.1) is 6.10 Å². The fourth-order valence-electron chi connectivity index (χ4n) is 4.33. The van der Waals surface area contributed by atoms with Gasteiger partial charge in [0.15, 0.2) is 0 Å². The van der Waals surface area contributed by atoms with Gasteiger partial charge < -0.3 is 20.1 Å². The predicted octanol–water partition coefficient (Wildman–Crippen LogP) is 3.86. The topological polar surface area (TPSA) is 59.6 Å². The molecule has 0 aromatic rings. The van der Waals surface area contributed by atoms with E-state index in [0.717, 1.165) is 32.3 Å². The van der Waals surface area contributed by atoms with Gasteiger partial charge in [0.1, 0.15) is 5.60 Å². The van der Waals surface area contributed by atoms with Gasteiger partial charge in [0.25, 0.3) is 0 Å². The third-order valence-electron chi connectivity index (χ3n) is 5.54. The van der Waals surface area contributed by atoms with Gasteiger partial charge in [0.2, 0.25) is 0 Å². The molecule has 0 aromatic heterocycles. The highest BCUT2D eigenvalue weighted by Crippen LogP contribution is 2.51. The minimum absolute atomic E-state index is 0.154. The average molecular weight is 355 g/mol. The Hall–Kier alpha value is -0.810. The van der Waals surface area contributed by atoms with Crippen molar-refractivity contribution in [3.05, 3.63) is 0 Å². The van der Waals surface area contributed by atoms with Gasteiger partial charge in [-0.2, -0.15) is 0 Å². The summed E-state index contributed by atoms with van der Waals surface area (Å²) in [4.78, 5) is 12.0. The van der Waals surface area contributed by atoms with Crippen LogP contribution in [-0.2, 0) is 9.47 Å². The molecule has 0 radical (unpaired) electrons. The van der Waals surface area contributed by atoms with Crippen LogP contribution in [0.3, 0.4) is 0 Å². The first-order valence-corrected chi connectivity index (χ1v) is 9.99. The van der Waals surface area contributed by atoms with E-state index in [0.29, 0.717) is 24.6 Å².